The maximum Gasteiger partial charge on any atom is 0.256 e. The van der Waals surface area contributed by atoms with E-state index < -0.39 is 0 Å². The first-order chi connectivity index (χ1) is 48.7. The first-order valence-electron chi connectivity index (χ1n) is 33.6. The Balaban J connectivity index is 0.890. The van der Waals surface area contributed by atoms with Gasteiger partial charge in [-0.15, -0.1) is 0 Å². The van der Waals surface area contributed by atoms with Crippen molar-refractivity contribution in [3.05, 3.63) is 364 Å². The summed E-state index contributed by atoms with van der Waals surface area (Å²) in [7, 11) is 0. The minimum Gasteiger partial charge on any atom is -0.458 e. The van der Waals surface area contributed by atoms with Crippen molar-refractivity contribution in [1.82, 2.24) is 0 Å². The highest BCUT2D eigenvalue weighted by atomic mass is 16.5. The molecule has 4 aliphatic rings. The van der Waals surface area contributed by atoms with Crippen LogP contribution >= 0.6 is 0 Å². The van der Waals surface area contributed by atoms with Crippen LogP contribution in [0.2, 0.25) is 0 Å². The number of benzene rings is 15. The molecule has 6 nitrogen and oxygen atoms in total. The topological polar surface area (TPSA) is 31.4 Å². The molecule has 0 fully saturated rings. The minimum absolute atomic E-state index is 0.229. The molecule has 0 bridgehead atoms. The summed E-state index contributed by atoms with van der Waals surface area (Å²) >= 11 is 0. The number of nitrogens with zero attached hydrogens (tertiary/aromatic N) is 4. The lowest BCUT2D eigenvalue weighted by Gasteiger charge is -2.45. The molecule has 0 aliphatic carbocycles. The standard InChI is InChI=1S/C90H60B2N4O2/c1-9-31-61(32-10-1)71-47-29-48-72(62-33-11-2-12-34-62)89(71)93(65-39-17-5-18-40-65)69-55-81-87-85(57-69)97-83-53-27-25-51-75(83)91(87)77-59-78-80(60-79(77)95(81)67-43-21-7-22-44-67)96(68-45-23-8-24-46-68)82-56-70(58-86-88(82)92(78)76-52-26-28-54-84(76)98-86)94(66-41-19-6-20-42-66)90-73(63-35-13-3-14-36-63)49-30-50-74(90)64-37-15-4-16-38-64/h1-60H. The summed E-state index contributed by atoms with van der Waals surface area (Å²) in [5, 5.41) is 0. The van der Waals surface area contributed by atoms with E-state index in [0.29, 0.717) is 0 Å². The predicted octanol–water partition coefficient (Wildman–Crippen LogP) is 20.1. The van der Waals surface area contributed by atoms with Gasteiger partial charge in [-0.05, 0) is 134 Å². The fraction of sp³-hybridized carbons (Fsp3) is 0. The van der Waals surface area contributed by atoms with Crippen molar-refractivity contribution < 1.29 is 9.47 Å². The van der Waals surface area contributed by atoms with Gasteiger partial charge in [0.25, 0.3) is 13.4 Å². The molecule has 98 heavy (non-hydrogen) atoms. The fourth-order valence-electron chi connectivity index (χ4n) is 15.8. The molecule has 0 saturated heterocycles. The Morgan fingerprint density at radius 2 is 0.531 bits per heavy atom. The quantitative estimate of drug-likeness (QED) is 0.113. The van der Waals surface area contributed by atoms with Crippen molar-refractivity contribution in [3.63, 3.8) is 0 Å². The summed E-state index contributed by atoms with van der Waals surface area (Å²) in [6, 6.07) is 132. The van der Waals surface area contributed by atoms with Gasteiger partial charge in [0.2, 0.25) is 0 Å². The number of ether oxygens (including phenoxy) is 2. The Morgan fingerprint density at radius 1 is 0.224 bits per heavy atom. The van der Waals surface area contributed by atoms with E-state index in [1.807, 2.05) is 0 Å². The van der Waals surface area contributed by atoms with Crippen LogP contribution in [-0.2, 0) is 0 Å². The molecule has 8 heteroatoms. The molecule has 19 rings (SSSR count). The Morgan fingerprint density at radius 3 is 0.878 bits per heavy atom. The first-order valence-corrected chi connectivity index (χ1v) is 33.6. The largest absolute Gasteiger partial charge is 0.458 e. The average molecular weight is 1250 g/mol. The SMILES string of the molecule is c1ccc(-c2cccc(-c3ccccc3)c2N(c2ccccc2)c2cc3c4c(c2)N(c2ccccc2)c2cc5c(cc2B4c2ccccc2O3)B2c3ccccc3Oc3cc(N(c4ccccc4)c4c(-c6ccccc6)cccc4-c4ccccc4)cc(c32)N5c2ccccc2)cc1. The molecule has 0 radical (unpaired) electrons. The summed E-state index contributed by atoms with van der Waals surface area (Å²) in [4.78, 5) is 9.93. The molecule has 0 atom stereocenters. The van der Waals surface area contributed by atoms with Gasteiger partial charge in [0.15, 0.2) is 0 Å². The Kier molecular flexibility index (Phi) is 13.7. The monoisotopic (exact) mass is 1250 g/mol. The van der Waals surface area contributed by atoms with Crippen LogP contribution < -0.4 is 61.9 Å². The predicted molar refractivity (Wildman–Crippen MR) is 409 cm³/mol. The maximum absolute atomic E-state index is 7.44. The van der Waals surface area contributed by atoms with Crippen molar-refractivity contribution in [3.8, 4) is 67.5 Å². The van der Waals surface area contributed by atoms with E-state index in [-0.39, 0.29) is 13.4 Å². The highest BCUT2D eigenvalue weighted by Gasteiger charge is 2.48. The smallest absolute Gasteiger partial charge is 0.256 e. The Bertz CT molecular complexity index is 5080. The van der Waals surface area contributed by atoms with E-state index in [2.05, 4.69) is 384 Å². The Hall–Kier alpha value is -12.8. The summed E-state index contributed by atoms with van der Waals surface area (Å²) in [5.74, 6) is 3.28. The lowest BCUT2D eigenvalue weighted by molar-refractivity contribution is 0.487. The van der Waals surface area contributed by atoms with Crippen molar-refractivity contribution in [1.29, 1.82) is 0 Å². The molecule has 0 saturated carbocycles. The van der Waals surface area contributed by atoms with Gasteiger partial charge in [0.1, 0.15) is 23.0 Å². The van der Waals surface area contributed by atoms with Gasteiger partial charge in [0.05, 0.1) is 22.7 Å². The van der Waals surface area contributed by atoms with E-state index in [9.17, 15) is 0 Å². The van der Waals surface area contributed by atoms with E-state index in [4.69, 9.17) is 9.47 Å². The van der Waals surface area contributed by atoms with E-state index in [1.165, 1.54) is 10.9 Å². The van der Waals surface area contributed by atoms with E-state index in [0.717, 1.165) is 158 Å². The third kappa shape index (κ3) is 9.36. The van der Waals surface area contributed by atoms with Crippen LogP contribution in [0.15, 0.2) is 364 Å². The maximum atomic E-state index is 7.44. The number of hydrogen-bond donors (Lipinski definition) is 0. The van der Waals surface area contributed by atoms with E-state index in [1.54, 1.807) is 0 Å². The molecule has 0 unspecified atom stereocenters. The number of anilines is 12. The minimum atomic E-state index is -0.229. The van der Waals surface area contributed by atoms with Crippen molar-refractivity contribution in [2.24, 2.45) is 0 Å². The van der Waals surface area contributed by atoms with Crippen molar-refractivity contribution >= 4 is 114 Å². The summed E-state index contributed by atoms with van der Waals surface area (Å²) in [5.41, 5.74) is 28.0. The third-order valence-electron chi connectivity index (χ3n) is 19.9. The molecule has 458 valence electrons. The molecule has 0 spiro atoms. The molecular formula is C90H60B2N4O2. The molecule has 4 aliphatic heterocycles. The van der Waals surface area contributed by atoms with Gasteiger partial charge < -0.3 is 29.1 Å². The molecule has 15 aromatic rings. The van der Waals surface area contributed by atoms with Gasteiger partial charge in [-0.3, -0.25) is 0 Å². The van der Waals surface area contributed by atoms with Crippen molar-refractivity contribution in [2.75, 3.05) is 19.6 Å². The molecule has 0 N–H and O–H groups in total. The molecule has 0 amide bonds. The summed E-state index contributed by atoms with van der Waals surface area (Å²) in [6.07, 6.45) is 0. The van der Waals surface area contributed by atoms with E-state index >= 15 is 0 Å². The lowest BCUT2D eigenvalue weighted by atomic mass is 9.31. The van der Waals surface area contributed by atoms with Crippen LogP contribution in [0.25, 0.3) is 44.5 Å². The number of para-hydroxylation sites is 8. The third-order valence-corrected chi connectivity index (χ3v) is 19.9. The molecule has 0 aromatic heterocycles. The van der Waals surface area contributed by atoms with Crippen LogP contribution in [-0.4, -0.2) is 13.4 Å². The van der Waals surface area contributed by atoms with Crippen LogP contribution in [0.1, 0.15) is 0 Å². The highest BCUT2D eigenvalue weighted by molar-refractivity contribution is 7.02. The zero-order chi connectivity index (χ0) is 64.6. The number of fused-ring (bicyclic) bond motifs is 8. The normalized spacial score (nSPS) is 12.6. The zero-order valence-corrected chi connectivity index (χ0v) is 53.4. The molecular weight excluding hydrogens is 1190 g/mol. The van der Waals surface area contributed by atoms with Crippen molar-refractivity contribution in [2.45, 2.75) is 0 Å². The zero-order valence-electron chi connectivity index (χ0n) is 53.4. The first kappa shape index (κ1) is 56.7. The van der Waals surface area contributed by atoms with Crippen LogP contribution in [0.4, 0.5) is 68.2 Å². The molecule has 15 aromatic carbocycles. The van der Waals surface area contributed by atoms with Crippen LogP contribution in [0.5, 0.6) is 23.0 Å². The van der Waals surface area contributed by atoms with Gasteiger partial charge in [-0.2, -0.15) is 0 Å². The number of rotatable bonds is 12. The fourth-order valence-corrected chi connectivity index (χ4v) is 15.8. The lowest BCUT2D eigenvalue weighted by Crippen LogP contribution is -2.63. The van der Waals surface area contributed by atoms with Crippen LogP contribution in [0.3, 0.4) is 0 Å². The summed E-state index contributed by atoms with van der Waals surface area (Å²) < 4.78 is 14.9. The second-order valence-corrected chi connectivity index (χ2v) is 25.4. The molecule has 4 heterocycles. The second-order valence-electron chi connectivity index (χ2n) is 25.4. The van der Waals surface area contributed by atoms with Crippen LogP contribution in [0, 0.1) is 0 Å². The second kappa shape index (κ2) is 23.6. The van der Waals surface area contributed by atoms with Gasteiger partial charge in [0, 0.05) is 79.9 Å². The van der Waals surface area contributed by atoms with Gasteiger partial charge in [-0.25, -0.2) is 0 Å². The Labute approximate surface area is 571 Å². The van der Waals surface area contributed by atoms with Gasteiger partial charge in [-0.1, -0.05) is 273 Å². The van der Waals surface area contributed by atoms with Gasteiger partial charge >= 0.3 is 0 Å². The number of hydrogen-bond acceptors (Lipinski definition) is 6. The average Bonchev–Trinajstić information content (AvgIpc) is 0.693. The summed E-state index contributed by atoms with van der Waals surface area (Å²) in [6.45, 7) is -0.459. The highest BCUT2D eigenvalue weighted by Crippen LogP contribution is 2.54.